The van der Waals surface area contributed by atoms with Crippen LogP contribution in [-0.2, 0) is 22.6 Å². The van der Waals surface area contributed by atoms with Crippen LogP contribution >= 0.6 is 15.9 Å². The molecule has 1 N–H and O–H groups in total. The van der Waals surface area contributed by atoms with Crippen molar-refractivity contribution in [3.8, 4) is 5.75 Å². The molecule has 0 spiro atoms. The molecule has 1 aliphatic carbocycles. The number of amides is 2. The SMILES string of the molecule is CCc1ccc(OCC(=O)N(Cc2cccc(C)c2)C(CC)C(=O)NC2CCCC2)c(Br)c1. The molecule has 5 nitrogen and oxygen atoms in total. The molecule has 1 unspecified atom stereocenters. The minimum absolute atomic E-state index is 0.0705. The largest absolute Gasteiger partial charge is 0.483 e. The van der Waals surface area contributed by atoms with Gasteiger partial charge in [-0.05, 0) is 71.8 Å². The summed E-state index contributed by atoms with van der Waals surface area (Å²) >= 11 is 3.54. The number of hydrogen-bond donors (Lipinski definition) is 1. The van der Waals surface area contributed by atoms with E-state index in [-0.39, 0.29) is 24.5 Å². The average molecular weight is 515 g/mol. The maximum atomic E-state index is 13.4. The summed E-state index contributed by atoms with van der Waals surface area (Å²) < 4.78 is 6.70. The third kappa shape index (κ3) is 7.07. The lowest BCUT2D eigenvalue weighted by Gasteiger charge is -2.31. The zero-order valence-corrected chi connectivity index (χ0v) is 21.5. The van der Waals surface area contributed by atoms with E-state index in [1.165, 1.54) is 5.56 Å². The standard InChI is InChI=1S/C27H35BrN2O3/c1-4-20-13-14-25(23(28)16-20)33-18-26(31)30(17-21-10-8-9-19(3)15-21)24(5-2)27(32)29-22-11-6-7-12-22/h8-10,13-16,22,24H,4-7,11-12,17-18H2,1-3H3,(H,29,32). The maximum Gasteiger partial charge on any atom is 0.261 e. The van der Waals surface area contributed by atoms with Gasteiger partial charge in [0.05, 0.1) is 4.47 Å². The van der Waals surface area contributed by atoms with Crippen LogP contribution in [0.4, 0.5) is 0 Å². The molecule has 1 fully saturated rings. The fraction of sp³-hybridized carbons (Fsp3) is 0.481. The van der Waals surface area contributed by atoms with Crippen LogP contribution in [0.25, 0.3) is 0 Å². The highest BCUT2D eigenvalue weighted by atomic mass is 79.9. The van der Waals surface area contributed by atoms with Gasteiger partial charge in [-0.1, -0.05) is 62.6 Å². The van der Waals surface area contributed by atoms with Gasteiger partial charge in [-0.15, -0.1) is 0 Å². The van der Waals surface area contributed by atoms with Gasteiger partial charge in [0.25, 0.3) is 5.91 Å². The van der Waals surface area contributed by atoms with Crippen LogP contribution in [0, 0.1) is 6.92 Å². The van der Waals surface area contributed by atoms with E-state index in [9.17, 15) is 9.59 Å². The molecule has 2 amide bonds. The molecule has 1 atom stereocenters. The Hall–Kier alpha value is -2.34. The van der Waals surface area contributed by atoms with Gasteiger partial charge < -0.3 is 15.0 Å². The van der Waals surface area contributed by atoms with Gasteiger partial charge in [0.1, 0.15) is 11.8 Å². The molecular weight excluding hydrogens is 480 g/mol. The highest BCUT2D eigenvalue weighted by Gasteiger charge is 2.31. The zero-order valence-electron chi connectivity index (χ0n) is 19.9. The summed E-state index contributed by atoms with van der Waals surface area (Å²) in [6.07, 6.45) is 5.79. The van der Waals surface area contributed by atoms with E-state index in [2.05, 4.69) is 34.2 Å². The first-order valence-corrected chi connectivity index (χ1v) is 12.8. The van der Waals surface area contributed by atoms with Gasteiger partial charge in [-0.3, -0.25) is 9.59 Å². The molecule has 33 heavy (non-hydrogen) atoms. The number of halogens is 1. The molecule has 0 saturated heterocycles. The molecule has 3 rings (SSSR count). The van der Waals surface area contributed by atoms with E-state index in [0.29, 0.717) is 18.7 Å². The van der Waals surface area contributed by atoms with E-state index in [1.807, 2.05) is 50.2 Å². The third-order valence-electron chi connectivity index (χ3n) is 6.28. The Morgan fingerprint density at radius 2 is 1.88 bits per heavy atom. The van der Waals surface area contributed by atoms with Crippen molar-refractivity contribution in [1.29, 1.82) is 0 Å². The summed E-state index contributed by atoms with van der Waals surface area (Å²) in [6, 6.07) is 13.6. The Kier molecular flexibility index (Phi) is 9.36. The number of aryl methyl sites for hydroxylation is 2. The predicted octanol–water partition coefficient (Wildman–Crippen LogP) is 5.56. The first kappa shape index (κ1) is 25.3. The van der Waals surface area contributed by atoms with Crippen molar-refractivity contribution in [3.05, 3.63) is 63.6 Å². The van der Waals surface area contributed by atoms with Crippen LogP contribution in [0.5, 0.6) is 5.75 Å². The lowest BCUT2D eigenvalue weighted by Crippen LogP contribution is -2.52. The molecule has 2 aromatic carbocycles. The quantitative estimate of drug-likeness (QED) is 0.451. The Morgan fingerprint density at radius 1 is 1.12 bits per heavy atom. The van der Waals surface area contributed by atoms with Crippen molar-refractivity contribution in [2.75, 3.05) is 6.61 Å². The summed E-state index contributed by atoms with van der Waals surface area (Å²) in [6.45, 7) is 6.33. The van der Waals surface area contributed by atoms with Gasteiger partial charge >= 0.3 is 0 Å². The molecule has 1 saturated carbocycles. The average Bonchev–Trinajstić information content (AvgIpc) is 3.30. The topological polar surface area (TPSA) is 58.6 Å². The lowest BCUT2D eigenvalue weighted by atomic mass is 10.1. The Morgan fingerprint density at radius 3 is 2.52 bits per heavy atom. The summed E-state index contributed by atoms with van der Waals surface area (Å²) in [4.78, 5) is 28.2. The minimum Gasteiger partial charge on any atom is -0.483 e. The number of nitrogens with one attached hydrogen (secondary N) is 1. The molecule has 0 radical (unpaired) electrons. The first-order chi connectivity index (χ1) is 15.9. The molecule has 2 aromatic rings. The fourth-order valence-electron chi connectivity index (χ4n) is 4.40. The second kappa shape index (κ2) is 12.2. The van der Waals surface area contributed by atoms with Crippen LogP contribution in [-0.4, -0.2) is 35.4 Å². The van der Waals surface area contributed by atoms with E-state index in [0.717, 1.165) is 47.7 Å². The van der Waals surface area contributed by atoms with Crippen LogP contribution in [0.1, 0.15) is 62.6 Å². The summed E-state index contributed by atoms with van der Waals surface area (Å²) in [5, 5.41) is 3.18. The monoisotopic (exact) mass is 514 g/mol. The highest BCUT2D eigenvalue weighted by molar-refractivity contribution is 9.10. The molecule has 6 heteroatoms. The van der Waals surface area contributed by atoms with Crippen LogP contribution in [0.2, 0.25) is 0 Å². The minimum atomic E-state index is -0.534. The van der Waals surface area contributed by atoms with Crippen molar-refractivity contribution < 1.29 is 14.3 Å². The van der Waals surface area contributed by atoms with E-state index >= 15 is 0 Å². The van der Waals surface area contributed by atoms with Crippen LogP contribution in [0.3, 0.4) is 0 Å². The molecule has 0 heterocycles. The Labute approximate surface area is 206 Å². The summed E-state index contributed by atoms with van der Waals surface area (Å²) in [7, 11) is 0. The summed E-state index contributed by atoms with van der Waals surface area (Å²) in [5.41, 5.74) is 3.32. The number of carbonyl (C=O) groups is 2. The molecule has 1 aliphatic rings. The number of benzene rings is 2. The van der Waals surface area contributed by atoms with Crippen molar-refractivity contribution in [2.24, 2.45) is 0 Å². The van der Waals surface area contributed by atoms with E-state index in [4.69, 9.17) is 4.74 Å². The van der Waals surface area contributed by atoms with Gasteiger partial charge in [-0.25, -0.2) is 0 Å². The summed E-state index contributed by atoms with van der Waals surface area (Å²) in [5.74, 6) is 0.356. The molecule has 0 bridgehead atoms. The van der Waals surface area contributed by atoms with Crippen LogP contribution in [0.15, 0.2) is 46.9 Å². The van der Waals surface area contributed by atoms with Crippen molar-refractivity contribution in [1.82, 2.24) is 10.2 Å². The number of ether oxygens (including phenoxy) is 1. The van der Waals surface area contributed by atoms with E-state index in [1.54, 1.807) is 4.90 Å². The Balaban J connectivity index is 1.77. The molecular formula is C27H35BrN2O3. The fourth-order valence-corrected chi connectivity index (χ4v) is 4.94. The van der Waals surface area contributed by atoms with E-state index < -0.39 is 6.04 Å². The van der Waals surface area contributed by atoms with Gasteiger partial charge in [0, 0.05) is 12.6 Å². The molecule has 0 aromatic heterocycles. The highest BCUT2D eigenvalue weighted by Crippen LogP contribution is 2.26. The van der Waals surface area contributed by atoms with Gasteiger partial charge in [-0.2, -0.15) is 0 Å². The zero-order chi connectivity index (χ0) is 23.8. The normalized spacial score (nSPS) is 14.7. The second-order valence-corrected chi connectivity index (χ2v) is 9.69. The van der Waals surface area contributed by atoms with Gasteiger partial charge in [0.2, 0.25) is 5.91 Å². The molecule has 178 valence electrons. The first-order valence-electron chi connectivity index (χ1n) is 12.0. The van der Waals surface area contributed by atoms with Gasteiger partial charge in [0.15, 0.2) is 6.61 Å². The maximum absolute atomic E-state index is 13.4. The number of hydrogen-bond acceptors (Lipinski definition) is 3. The number of rotatable bonds is 10. The number of nitrogens with zero attached hydrogens (tertiary/aromatic N) is 1. The lowest BCUT2D eigenvalue weighted by molar-refractivity contribution is -0.143. The molecule has 0 aliphatic heterocycles. The van der Waals surface area contributed by atoms with Crippen molar-refractivity contribution in [3.63, 3.8) is 0 Å². The smallest absolute Gasteiger partial charge is 0.261 e. The predicted molar refractivity (Wildman–Crippen MR) is 135 cm³/mol. The van der Waals surface area contributed by atoms with Crippen molar-refractivity contribution in [2.45, 2.75) is 77.9 Å². The number of carbonyl (C=O) groups excluding carboxylic acids is 2. The Bertz CT molecular complexity index is 956. The second-order valence-electron chi connectivity index (χ2n) is 8.83. The van der Waals surface area contributed by atoms with Crippen molar-refractivity contribution >= 4 is 27.7 Å². The van der Waals surface area contributed by atoms with Crippen LogP contribution < -0.4 is 10.1 Å². The third-order valence-corrected chi connectivity index (χ3v) is 6.90.